The van der Waals surface area contributed by atoms with Crippen LogP contribution in [0.2, 0.25) is 0 Å². The van der Waals surface area contributed by atoms with Gasteiger partial charge >= 0.3 is 0 Å². The quantitative estimate of drug-likeness (QED) is 0.870. The van der Waals surface area contributed by atoms with Crippen LogP contribution in [0.1, 0.15) is 24.0 Å². The van der Waals surface area contributed by atoms with Crippen molar-refractivity contribution >= 4 is 17.7 Å². The Labute approximate surface area is 113 Å². The van der Waals surface area contributed by atoms with E-state index >= 15 is 0 Å². The Morgan fingerprint density at radius 2 is 2.17 bits per heavy atom. The monoisotopic (exact) mass is 264 g/mol. The van der Waals surface area contributed by atoms with Crippen LogP contribution in [0.3, 0.4) is 0 Å². The van der Waals surface area contributed by atoms with Crippen molar-refractivity contribution in [3.8, 4) is 0 Å². The third kappa shape index (κ3) is 3.75. The van der Waals surface area contributed by atoms with E-state index in [4.69, 9.17) is 5.73 Å². The molecule has 1 fully saturated rings. The molecule has 1 aromatic carbocycles. The Kier molecular flexibility index (Phi) is 5.08. The van der Waals surface area contributed by atoms with Crippen LogP contribution in [0.5, 0.6) is 0 Å². The van der Waals surface area contributed by atoms with Crippen LogP contribution >= 0.6 is 11.8 Å². The average Bonchev–Trinajstić information content (AvgIpc) is 2.40. The Morgan fingerprint density at radius 1 is 1.39 bits per heavy atom. The summed E-state index contributed by atoms with van der Waals surface area (Å²) in [6.45, 7) is 0.489. The number of thioether (sulfide) groups is 1. The Balaban J connectivity index is 1.90. The minimum absolute atomic E-state index is 0.114. The smallest absolute Gasteiger partial charge is 0.224 e. The van der Waals surface area contributed by atoms with E-state index in [0.717, 1.165) is 23.3 Å². The van der Waals surface area contributed by atoms with Crippen LogP contribution in [0.25, 0.3) is 0 Å². The fourth-order valence-electron chi connectivity index (χ4n) is 2.24. The first-order valence-corrected chi connectivity index (χ1v) is 7.59. The van der Waals surface area contributed by atoms with Gasteiger partial charge in [-0.3, -0.25) is 4.79 Å². The lowest BCUT2D eigenvalue weighted by Crippen LogP contribution is -2.39. The van der Waals surface area contributed by atoms with E-state index in [1.807, 2.05) is 36.0 Å². The number of hydrogen-bond acceptors (Lipinski definition) is 3. The van der Waals surface area contributed by atoms with Crippen molar-refractivity contribution in [1.29, 1.82) is 0 Å². The first kappa shape index (κ1) is 13.4. The Bertz CT molecular complexity index is 403. The van der Waals surface area contributed by atoms with Crippen molar-refractivity contribution in [1.82, 2.24) is 5.32 Å². The summed E-state index contributed by atoms with van der Waals surface area (Å²) >= 11 is 1.92. The maximum Gasteiger partial charge on any atom is 0.224 e. The van der Waals surface area contributed by atoms with Gasteiger partial charge < -0.3 is 11.1 Å². The van der Waals surface area contributed by atoms with Gasteiger partial charge in [-0.15, -0.1) is 0 Å². The molecule has 3 nitrogen and oxygen atoms in total. The third-order valence-electron chi connectivity index (χ3n) is 3.21. The van der Waals surface area contributed by atoms with E-state index in [2.05, 4.69) is 5.32 Å². The van der Waals surface area contributed by atoms with Crippen molar-refractivity contribution < 1.29 is 4.79 Å². The van der Waals surface area contributed by atoms with Crippen molar-refractivity contribution in [3.63, 3.8) is 0 Å². The lowest BCUT2D eigenvalue weighted by atomic mass is 10.0. The minimum Gasteiger partial charge on any atom is -0.352 e. The van der Waals surface area contributed by atoms with Gasteiger partial charge in [0.25, 0.3) is 0 Å². The summed E-state index contributed by atoms with van der Waals surface area (Å²) in [6.07, 6.45) is 2.75. The maximum absolute atomic E-state index is 12.0. The molecule has 2 rings (SSSR count). The van der Waals surface area contributed by atoms with Crippen molar-refractivity contribution in [2.75, 3.05) is 11.5 Å². The molecule has 1 unspecified atom stereocenters. The molecule has 1 amide bonds. The molecule has 1 heterocycles. The Hall–Kier alpha value is -1.00. The summed E-state index contributed by atoms with van der Waals surface area (Å²) in [5.41, 5.74) is 7.78. The summed E-state index contributed by atoms with van der Waals surface area (Å²) in [6, 6.07) is 8.23. The highest BCUT2D eigenvalue weighted by Gasteiger charge is 2.16. The largest absolute Gasteiger partial charge is 0.352 e. The van der Waals surface area contributed by atoms with Crippen LogP contribution < -0.4 is 11.1 Å². The minimum atomic E-state index is 0.114. The molecule has 0 aliphatic carbocycles. The molecule has 1 aromatic rings. The van der Waals surface area contributed by atoms with Gasteiger partial charge in [0, 0.05) is 18.3 Å². The number of carbonyl (C=O) groups excluding carboxylic acids is 1. The average molecular weight is 264 g/mol. The number of nitrogens with two attached hydrogens (primary N) is 1. The standard InChI is InChI=1S/C14H20N2OS/c15-9-12-5-2-1-4-11(12)8-14(17)16-13-6-3-7-18-10-13/h1-2,4-5,13H,3,6-10,15H2,(H,16,17). The molecule has 3 N–H and O–H groups in total. The van der Waals surface area contributed by atoms with Gasteiger partial charge in [0.05, 0.1) is 6.42 Å². The molecule has 98 valence electrons. The highest BCUT2D eigenvalue weighted by atomic mass is 32.2. The van der Waals surface area contributed by atoms with Gasteiger partial charge in [-0.2, -0.15) is 11.8 Å². The number of rotatable bonds is 4. The first-order chi connectivity index (χ1) is 8.79. The van der Waals surface area contributed by atoms with Gasteiger partial charge in [-0.05, 0) is 29.7 Å². The lowest BCUT2D eigenvalue weighted by Gasteiger charge is -2.22. The second-order valence-corrected chi connectivity index (χ2v) is 5.78. The number of hydrogen-bond donors (Lipinski definition) is 2. The van der Waals surface area contributed by atoms with Crippen LogP contribution in [0, 0.1) is 0 Å². The van der Waals surface area contributed by atoms with Crippen LogP contribution in [-0.2, 0) is 17.8 Å². The fraction of sp³-hybridized carbons (Fsp3) is 0.500. The van der Waals surface area contributed by atoms with Gasteiger partial charge in [-0.1, -0.05) is 24.3 Å². The predicted octanol–water partition coefficient (Wildman–Crippen LogP) is 1.70. The summed E-state index contributed by atoms with van der Waals surface area (Å²) in [5.74, 6) is 2.38. The van der Waals surface area contributed by atoms with E-state index in [0.29, 0.717) is 19.0 Å². The van der Waals surface area contributed by atoms with Crippen molar-refractivity contribution in [2.24, 2.45) is 5.73 Å². The SMILES string of the molecule is NCc1ccccc1CC(=O)NC1CCCSC1. The molecule has 0 spiro atoms. The Morgan fingerprint density at radius 3 is 2.83 bits per heavy atom. The third-order valence-corrected chi connectivity index (χ3v) is 4.43. The van der Waals surface area contributed by atoms with E-state index in [1.165, 1.54) is 12.2 Å². The maximum atomic E-state index is 12.0. The highest BCUT2D eigenvalue weighted by Crippen LogP contribution is 2.17. The molecule has 0 saturated carbocycles. The predicted molar refractivity (Wildman–Crippen MR) is 76.5 cm³/mol. The molecule has 0 aromatic heterocycles. The summed E-state index contributed by atoms with van der Waals surface area (Å²) in [7, 11) is 0. The zero-order valence-corrected chi connectivity index (χ0v) is 11.3. The fourth-order valence-corrected chi connectivity index (χ4v) is 3.31. The molecule has 1 atom stereocenters. The van der Waals surface area contributed by atoms with E-state index in [9.17, 15) is 4.79 Å². The zero-order chi connectivity index (χ0) is 12.8. The van der Waals surface area contributed by atoms with Gasteiger partial charge in [-0.25, -0.2) is 0 Å². The van der Waals surface area contributed by atoms with Gasteiger partial charge in [0.2, 0.25) is 5.91 Å². The summed E-state index contributed by atoms with van der Waals surface area (Å²) < 4.78 is 0. The van der Waals surface area contributed by atoms with Gasteiger partial charge in [0.1, 0.15) is 0 Å². The number of benzene rings is 1. The van der Waals surface area contributed by atoms with E-state index < -0.39 is 0 Å². The molecule has 0 radical (unpaired) electrons. The molecular formula is C14H20N2OS. The van der Waals surface area contributed by atoms with Crippen LogP contribution in [0.15, 0.2) is 24.3 Å². The number of amides is 1. The zero-order valence-electron chi connectivity index (χ0n) is 10.5. The van der Waals surface area contributed by atoms with Crippen molar-refractivity contribution in [3.05, 3.63) is 35.4 Å². The topological polar surface area (TPSA) is 55.1 Å². The van der Waals surface area contributed by atoms with E-state index in [-0.39, 0.29) is 5.91 Å². The second kappa shape index (κ2) is 6.81. The summed E-state index contributed by atoms with van der Waals surface area (Å²) in [4.78, 5) is 12.0. The van der Waals surface area contributed by atoms with E-state index in [1.54, 1.807) is 0 Å². The van der Waals surface area contributed by atoms with Crippen LogP contribution in [0.4, 0.5) is 0 Å². The van der Waals surface area contributed by atoms with Crippen LogP contribution in [-0.4, -0.2) is 23.5 Å². The molecule has 1 aliphatic heterocycles. The first-order valence-electron chi connectivity index (χ1n) is 6.43. The molecular weight excluding hydrogens is 244 g/mol. The number of carbonyl (C=O) groups is 1. The normalized spacial score (nSPS) is 19.5. The molecule has 1 saturated heterocycles. The molecule has 0 bridgehead atoms. The van der Waals surface area contributed by atoms with Gasteiger partial charge in [0.15, 0.2) is 0 Å². The second-order valence-electron chi connectivity index (χ2n) is 4.63. The molecule has 4 heteroatoms. The highest BCUT2D eigenvalue weighted by molar-refractivity contribution is 7.99. The molecule has 1 aliphatic rings. The number of nitrogens with one attached hydrogen (secondary N) is 1. The van der Waals surface area contributed by atoms with Crippen molar-refractivity contribution in [2.45, 2.75) is 31.8 Å². The lowest BCUT2D eigenvalue weighted by molar-refractivity contribution is -0.121. The summed E-state index contributed by atoms with van der Waals surface area (Å²) in [5, 5.41) is 3.12. The molecule has 18 heavy (non-hydrogen) atoms.